The zero-order chi connectivity index (χ0) is 15.6. The number of piperidine rings is 1. The number of rotatable bonds is 3. The SMILES string of the molecule is N#Cc1ccc(-c2cccc(O[C@@H]3C[C@H]4CC[C@@H](C3)N4)n2)cc1. The van der Waals surface area contributed by atoms with Gasteiger partial charge in [0.1, 0.15) is 6.10 Å². The van der Waals surface area contributed by atoms with E-state index in [4.69, 9.17) is 10.00 Å². The lowest BCUT2D eigenvalue weighted by Gasteiger charge is -2.29. The van der Waals surface area contributed by atoms with E-state index in [2.05, 4.69) is 16.4 Å². The zero-order valence-corrected chi connectivity index (χ0v) is 12.9. The lowest BCUT2D eigenvalue weighted by Crippen LogP contribution is -2.42. The summed E-state index contributed by atoms with van der Waals surface area (Å²) in [5.41, 5.74) is 2.54. The molecule has 1 N–H and O–H groups in total. The third-order valence-electron chi connectivity index (χ3n) is 4.75. The molecular weight excluding hydrogens is 286 g/mol. The smallest absolute Gasteiger partial charge is 0.214 e. The Hall–Kier alpha value is -2.38. The minimum absolute atomic E-state index is 0.262. The molecule has 0 saturated carbocycles. The van der Waals surface area contributed by atoms with Crippen LogP contribution >= 0.6 is 0 Å². The van der Waals surface area contributed by atoms with Gasteiger partial charge in [-0.2, -0.15) is 5.26 Å². The molecular formula is C19H19N3O. The maximum absolute atomic E-state index is 8.88. The van der Waals surface area contributed by atoms with Crippen molar-refractivity contribution in [3.63, 3.8) is 0 Å². The molecule has 0 spiro atoms. The maximum Gasteiger partial charge on any atom is 0.214 e. The molecule has 3 atom stereocenters. The first-order valence-electron chi connectivity index (χ1n) is 8.20. The van der Waals surface area contributed by atoms with Crippen LogP contribution in [0.3, 0.4) is 0 Å². The summed E-state index contributed by atoms with van der Waals surface area (Å²) in [5, 5.41) is 12.5. The van der Waals surface area contributed by atoms with Gasteiger partial charge in [-0.1, -0.05) is 18.2 Å². The van der Waals surface area contributed by atoms with E-state index in [1.54, 1.807) is 0 Å². The van der Waals surface area contributed by atoms with Gasteiger partial charge in [0.15, 0.2) is 0 Å². The molecule has 4 nitrogen and oxygen atoms in total. The molecule has 2 bridgehead atoms. The van der Waals surface area contributed by atoms with Crippen LogP contribution in [0.25, 0.3) is 11.3 Å². The highest BCUT2D eigenvalue weighted by atomic mass is 16.5. The summed E-state index contributed by atoms with van der Waals surface area (Å²) in [6.45, 7) is 0. The molecule has 2 aliphatic rings. The molecule has 2 aromatic rings. The molecule has 0 unspecified atom stereocenters. The molecule has 2 saturated heterocycles. The van der Waals surface area contributed by atoms with E-state index < -0.39 is 0 Å². The largest absolute Gasteiger partial charge is 0.474 e. The number of nitrogens with one attached hydrogen (secondary N) is 1. The van der Waals surface area contributed by atoms with Crippen LogP contribution in [0.15, 0.2) is 42.5 Å². The van der Waals surface area contributed by atoms with Gasteiger partial charge in [-0.15, -0.1) is 0 Å². The highest BCUT2D eigenvalue weighted by Gasteiger charge is 2.34. The van der Waals surface area contributed by atoms with Crippen molar-refractivity contribution in [3.05, 3.63) is 48.0 Å². The Kier molecular flexibility index (Phi) is 3.72. The van der Waals surface area contributed by atoms with Crippen LogP contribution in [0.2, 0.25) is 0 Å². The molecule has 4 rings (SSSR count). The van der Waals surface area contributed by atoms with Crippen molar-refractivity contribution in [1.82, 2.24) is 10.3 Å². The molecule has 1 aromatic carbocycles. The topological polar surface area (TPSA) is 57.9 Å². The summed E-state index contributed by atoms with van der Waals surface area (Å²) in [5.74, 6) is 0.693. The van der Waals surface area contributed by atoms with Crippen molar-refractivity contribution in [1.29, 1.82) is 5.26 Å². The Balaban J connectivity index is 1.50. The van der Waals surface area contributed by atoms with Gasteiger partial charge in [0.2, 0.25) is 5.88 Å². The minimum Gasteiger partial charge on any atom is -0.474 e. The average molecular weight is 305 g/mol. The first-order valence-corrected chi connectivity index (χ1v) is 8.20. The quantitative estimate of drug-likeness (QED) is 0.945. The summed E-state index contributed by atoms with van der Waals surface area (Å²) in [6, 6.07) is 16.7. The van der Waals surface area contributed by atoms with Gasteiger partial charge in [0.05, 0.1) is 17.3 Å². The normalized spacial score (nSPS) is 25.8. The van der Waals surface area contributed by atoms with Gasteiger partial charge in [-0.3, -0.25) is 0 Å². The molecule has 1 aromatic heterocycles. The fourth-order valence-corrected chi connectivity index (χ4v) is 3.63. The standard InChI is InChI=1S/C19H19N3O/c20-12-13-4-6-14(7-5-13)18-2-1-3-19(22-18)23-17-10-15-8-9-16(11-17)21-15/h1-7,15-17,21H,8-11H2/t15-,16+,17-. The molecule has 0 aliphatic carbocycles. The number of pyridine rings is 1. The second-order valence-corrected chi connectivity index (χ2v) is 6.40. The van der Waals surface area contributed by atoms with Gasteiger partial charge < -0.3 is 10.1 Å². The second-order valence-electron chi connectivity index (χ2n) is 6.40. The number of benzene rings is 1. The van der Waals surface area contributed by atoms with E-state index in [1.165, 1.54) is 12.8 Å². The monoisotopic (exact) mass is 305 g/mol. The molecule has 2 fully saturated rings. The van der Waals surface area contributed by atoms with Crippen molar-refractivity contribution >= 4 is 0 Å². The van der Waals surface area contributed by atoms with E-state index in [1.807, 2.05) is 42.5 Å². The Morgan fingerprint density at radius 1 is 1.04 bits per heavy atom. The predicted octanol–water partition coefficient (Wildman–Crippen LogP) is 3.28. The molecule has 3 heterocycles. The fourth-order valence-electron chi connectivity index (χ4n) is 3.63. The fraction of sp³-hybridized carbons (Fsp3) is 0.368. The van der Waals surface area contributed by atoms with E-state index in [9.17, 15) is 0 Å². The van der Waals surface area contributed by atoms with E-state index in [0.717, 1.165) is 24.1 Å². The number of hydrogen-bond donors (Lipinski definition) is 1. The number of ether oxygens (including phenoxy) is 1. The van der Waals surface area contributed by atoms with E-state index in [-0.39, 0.29) is 6.10 Å². The highest BCUT2D eigenvalue weighted by Crippen LogP contribution is 2.29. The van der Waals surface area contributed by atoms with Crippen molar-refractivity contribution < 1.29 is 4.74 Å². The lowest BCUT2D eigenvalue weighted by atomic mass is 10.0. The summed E-state index contributed by atoms with van der Waals surface area (Å²) in [7, 11) is 0. The number of fused-ring (bicyclic) bond motifs is 2. The van der Waals surface area contributed by atoms with Crippen LogP contribution in [-0.2, 0) is 0 Å². The van der Waals surface area contributed by atoms with Gasteiger partial charge in [-0.25, -0.2) is 4.98 Å². The molecule has 2 aliphatic heterocycles. The highest BCUT2D eigenvalue weighted by molar-refractivity contribution is 5.60. The number of nitrogens with zero attached hydrogens (tertiary/aromatic N) is 2. The van der Waals surface area contributed by atoms with Crippen molar-refractivity contribution in [2.24, 2.45) is 0 Å². The number of hydrogen-bond acceptors (Lipinski definition) is 4. The summed E-state index contributed by atoms with van der Waals surface area (Å²) < 4.78 is 6.14. The predicted molar refractivity (Wildman–Crippen MR) is 88.0 cm³/mol. The Morgan fingerprint density at radius 2 is 1.78 bits per heavy atom. The van der Waals surface area contributed by atoms with Crippen LogP contribution < -0.4 is 10.1 Å². The van der Waals surface area contributed by atoms with Crippen molar-refractivity contribution in [2.75, 3.05) is 0 Å². The van der Waals surface area contributed by atoms with E-state index in [0.29, 0.717) is 23.5 Å². The Morgan fingerprint density at radius 3 is 2.48 bits per heavy atom. The van der Waals surface area contributed by atoms with Crippen LogP contribution in [-0.4, -0.2) is 23.2 Å². The van der Waals surface area contributed by atoms with Crippen molar-refractivity contribution in [3.8, 4) is 23.2 Å². The second kappa shape index (κ2) is 6.02. The molecule has 0 amide bonds. The van der Waals surface area contributed by atoms with Gasteiger partial charge in [0.25, 0.3) is 0 Å². The number of nitriles is 1. The molecule has 23 heavy (non-hydrogen) atoms. The summed E-state index contributed by atoms with van der Waals surface area (Å²) in [6.07, 6.45) is 4.93. The lowest BCUT2D eigenvalue weighted by molar-refractivity contribution is 0.132. The third-order valence-corrected chi connectivity index (χ3v) is 4.75. The molecule has 4 heteroatoms. The van der Waals surface area contributed by atoms with Crippen molar-refractivity contribution in [2.45, 2.75) is 43.9 Å². The Bertz CT molecular complexity index is 723. The van der Waals surface area contributed by atoms with Gasteiger partial charge in [-0.05, 0) is 43.9 Å². The van der Waals surface area contributed by atoms with Crippen LogP contribution in [0.5, 0.6) is 5.88 Å². The average Bonchev–Trinajstić information content (AvgIpc) is 2.94. The van der Waals surface area contributed by atoms with Crippen LogP contribution in [0, 0.1) is 11.3 Å². The summed E-state index contributed by atoms with van der Waals surface area (Å²) >= 11 is 0. The Labute approximate surface area is 136 Å². The molecule has 0 radical (unpaired) electrons. The number of aromatic nitrogens is 1. The molecule has 116 valence electrons. The maximum atomic E-state index is 8.88. The zero-order valence-electron chi connectivity index (χ0n) is 12.9. The van der Waals surface area contributed by atoms with Crippen LogP contribution in [0.4, 0.5) is 0 Å². The minimum atomic E-state index is 0.262. The first kappa shape index (κ1) is 14.2. The van der Waals surface area contributed by atoms with Crippen LogP contribution in [0.1, 0.15) is 31.2 Å². The van der Waals surface area contributed by atoms with E-state index >= 15 is 0 Å². The van der Waals surface area contributed by atoms with Gasteiger partial charge >= 0.3 is 0 Å². The van der Waals surface area contributed by atoms with Gasteiger partial charge in [0, 0.05) is 23.7 Å². The first-order chi connectivity index (χ1) is 11.3. The third kappa shape index (κ3) is 3.06. The summed E-state index contributed by atoms with van der Waals surface area (Å²) in [4.78, 5) is 4.64.